The Morgan fingerprint density at radius 3 is 2.72 bits per heavy atom. The summed E-state index contributed by atoms with van der Waals surface area (Å²) in [7, 11) is -3.06. The van der Waals surface area contributed by atoms with Crippen molar-refractivity contribution in [1.82, 2.24) is 5.32 Å². The van der Waals surface area contributed by atoms with E-state index in [9.17, 15) is 13.2 Å². The molecule has 3 N–H and O–H groups in total. The Labute approximate surface area is 106 Å². The predicted molar refractivity (Wildman–Crippen MR) is 68.5 cm³/mol. The van der Waals surface area contributed by atoms with Crippen LogP contribution in [-0.4, -0.2) is 26.1 Å². The van der Waals surface area contributed by atoms with Crippen LogP contribution < -0.4 is 11.1 Å². The number of primary amides is 1. The molecule has 96 valence electrons. The van der Waals surface area contributed by atoms with Gasteiger partial charge in [-0.3, -0.25) is 4.79 Å². The molecule has 1 unspecified atom stereocenters. The molecule has 0 aromatic heterocycles. The van der Waals surface area contributed by atoms with Gasteiger partial charge in [-0.2, -0.15) is 0 Å². The van der Waals surface area contributed by atoms with Crippen LogP contribution in [0.25, 0.3) is 0 Å². The summed E-state index contributed by atoms with van der Waals surface area (Å²) < 4.78 is 22.5. The number of hydrogen-bond donors (Lipinski definition) is 2. The zero-order chi connectivity index (χ0) is 13.2. The summed E-state index contributed by atoms with van der Waals surface area (Å²) in [4.78, 5) is 11.2. The number of carbonyl (C=O) groups is 1. The van der Waals surface area contributed by atoms with E-state index in [0.29, 0.717) is 12.1 Å². The highest BCUT2D eigenvalue weighted by Gasteiger charge is 2.21. The summed E-state index contributed by atoms with van der Waals surface area (Å²) in [6, 6.07) is 6.78. The molecule has 0 saturated heterocycles. The van der Waals surface area contributed by atoms with Gasteiger partial charge in [-0.05, 0) is 11.6 Å². The summed E-state index contributed by atoms with van der Waals surface area (Å²) in [6.07, 6.45) is 1.61. The number of carbonyl (C=O) groups excluding carboxylic acids is 1. The lowest BCUT2D eigenvalue weighted by Crippen LogP contribution is -2.30. The monoisotopic (exact) mass is 266 g/mol. The zero-order valence-corrected chi connectivity index (χ0v) is 10.5. The lowest BCUT2D eigenvalue weighted by molar-refractivity contribution is 0.0999. The molecule has 1 amide bonds. The molecule has 18 heavy (non-hydrogen) atoms. The number of benzene rings is 1. The maximum absolute atomic E-state index is 11.2. The van der Waals surface area contributed by atoms with Crippen LogP contribution in [-0.2, 0) is 16.4 Å². The summed E-state index contributed by atoms with van der Waals surface area (Å²) in [5.41, 5.74) is 6.48. The molecule has 0 saturated carbocycles. The molecule has 5 nitrogen and oxygen atoms in total. The van der Waals surface area contributed by atoms with Gasteiger partial charge in [-0.1, -0.05) is 24.3 Å². The third-order valence-corrected chi connectivity index (χ3v) is 4.16. The third kappa shape index (κ3) is 2.96. The summed E-state index contributed by atoms with van der Waals surface area (Å²) in [5.74, 6) is -0.423. The highest BCUT2D eigenvalue weighted by Crippen LogP contribution is 2.11. The zero-order valence-electron chi connectivity index (χ0n) is 9.67. The quantitative estimate of drug-likeness (QED) is 0.814. The first kappa shape index (κ1) is 12.8. The molecule has 2 rings (SSSR count). The molecule has 1 atom stereocenters. The van der Waals surface area contributed by atoms with Gasteiger partial charge >= 0.3 is 0 Å². The van der Waals surface area contributed by atoms with Crippen LogP contribution in [0.4, 0.5) is 0 Å². The topological polar surface area (TPSA) is 89.3 Å². The standard InChI is InChI=1S/C12H14N2O3S/c13-12(15)11-4-2-1-3-9(11)7-14-10-5-6-18(16,17)8-10/h1-6,10,14H,7-8H2,(H2,13,15). The van der Waals surface area contributed by atoms with Crippen molar-refractivity contribution < 1.29 is 13.2 Å². The molecule has 1 aliphatic heterocycles. The highest BCUT2D eigenvalue weighted by molar-refractivity contribution is 7.94. The highest BCUT2D eigenvalue weighted by atomic mass is 32.2. The van der Waals surface area contributed by atoms with Crippen LogP contribution in [0.2, 0.25) is 0 Å². The van der Waals surface area contributed by atoms with Crippen LogP contribution in [0.5, 0.6) is 0 Å². The second-order valence-corrected chi connectivity index (χ2v) is 6.10. The third-order valence-electron chi connectivity index (χ3n) is 2.77. The van der Waals surface area contributed by atoms with Gasteiger partial charge in [0.05, 0.1) is 5.75 Å². The Morgan fingerprint density at radius 2 is 2.11 bits per heavy atom. The van der Waals surface area contributed by atoms with Crippen molar-refractivity contribution in [3.63, 3.8) is 0 Å². The number of amides is 1. The van der Waals surface area contributed by atoms with Gasteiger partial charge in [-0.25, -0.2) is 8.42 Å². The molecule has 0 radical (unpaired) electrons. The fraction of sp³-hybridized carbons (Fsp3) is 0.250. The normalized spacial score (nSPS) is 21.0. The number of sulfone groups is 1. The molecule has 0 fully saturated rings. The van der Waals surface area contributed by atoms with Crippen LogP contribution in [0.15, 0.2) is 35.7 Å². The van der Waals surface area contributed by atoms with E-state index in [4.69, 9.17) is 5.73 Å². The average molecular weight is 266 g/mol. The van der Waals surface area contributed by atoms with E-state index in [1.807, 2.05) is 6.07 Å². The molecule has 0 spiro atoms. The van der Waals surface area contributed by atoms with Crippen LogP contribution in [0, 0.1) is 0 Å². The van der Waals surface area contributed by atoms with Gasteiger partial charge < -0.3 is 11.1 Å². The molecule has 6 heteroatoms. The second kappa shape index (κ2) is 4.91. The van der Waals surface area contributed by atoms with Crippen LogP contribution in [0.3, 0.4) is 0 Å². The number of hydrogen-bond acceptors (Lipinski definition) is 4. The molecular formula is C12H14N2O3S. The summed E-state index contributed by atoms with van der Waals surface area (Å²) in [5, 5.41) is 4.29. The smallest absolute Gasteiger partial charge is 0.249 e. The van der Waals surface area contributed by atoms with E-state index in [1.54, 1.807) is 24.3 Å². The van der Waals surface area contributed by atoms with E-state index < -0.39 is 15.7 Å². The first-order valence-electron chi connectivity index (χ1n) is 5.50. The van der Waals surface area contributed by atoms with Gasteiger partial charge in [0.1, 0.15) is 0 Å². The minimum absolute atomic E-state index is 0.0612. The minimum atomic E-state index is -3.06. The van der Waals surface area contributed by atoms with Crippen molar-refractivity contribution in [2.45, 2.75) is 12.6 Å². The van der Waals surface area contributed by atoms with Crippen molar-refractivity contribution >= 4 is 15.7 Å². The summed E-state index contributed by atoms with van der Waals surface area (Å²) in [6.45, 7) is 0.406. The van der Waals surface area contributed by atoms with Gasteiger partial charge in [0.25, 0.3) is 0 Å². The fourth-order valence-corrected chi connectivity index (χ4v) is 3.13. The van der Waals surface area contributed by atoms with Crippen LogP contribution in [0.1, 0.15) is 15.9 Å². The predicted octanol–water partition coefficient (Wildman–Crippen LogP) is 0.186. The number of rotatable bonds is 4. The Kier molecular flexibility index (Phi) is 3.49. The number of nitrogens with two attached hydrogens (primary N) is 1. The Balaban J connectivity index is 2.04. The second-order valence-electron chi connectivity index (χ2n) is 4.17. The van der Waals surface area contributed by atoms with Crippen molar-refractivity contribution in [3.8, 4) is 0 Å². The molecule has 0 bridgehead atoms. The Bertz CT molecular complexity index is 593. The van der Waals surface area contributed by atoms with Crippen molar-refractivity contribution in [2.24, 2.45) is 5.73 Å². The van der Waals surface area contributed by atoms with E-state index in [1.165, 1.54) is 5.41 Å². The van der Waals surface area contributed by atoms with Crippen molar-refractivity contribution in [2.75, 3.05) is 5.75 Å². The maximum Gasteiger partial charge on any atom is 0.249 e. The van der Waals surface area contributed by atoms with Gasteiger partial charge in [0.15, 0.2) is 9.84 Å². The molecule has 1 aromatic carbocycles. The maximum atomic E-state index is 11.2. The Morgan fingerprint density at radius 1 is 1.39 bits per heavy atom. The Hall–Kier alpha value is -1.66. The summed E-state index contributed by atoms with van der Waals surface area (Å²) >= 11 is 0. The van der Waals surface area contributed by atoms with E-state index >= 15 is 0 Å². The van der Waals surface area contributed by atoms with Gasteiger partial charge in [0, 0.05) is 23.6 Å². The lowest BCUT2D eigenvalue weighted by atomic mass is 10.1. The average Bonchev–Trinajstić information content (AvgIpc) is 2.66. The molecular weight excluding hydrogens is 252 g/mol. The first-order valence-corrected chi connectivity index (χ1v) is 7.21. The van der Waals surface area contributed by atoms with E-state index in [2.05, 4.69) is 5.32 Å². The lowest BCUT2D eigenvalue weighted by Gasteiger charge is -2.11. The largest absolute Gasteiger partial charge is 0.366 e. The first-order chi connectivity index (χ1) is 8.48. The van der Waals surface area contributed by atoms with E-state index in [-0.39, 0.29) is 11.8 Å². The van der Waals surface area contributed by atoms with Crippen molar-refractivity contribution in [1.29, 1.82) is 0 Å². The molecule has 1 heterocycles. The molecule has 0 aliphatic carbocycles. The molecule has 1 aliphatic rings. The fourth-order valence-electron chi connectivity index (χ4n) is 1.86. The SMILES string of the molecule is NC(=O)c1ccccc1CNC1C=CS(=O)(=O)C1. The van der Waals surface area contributed by atoms with Gasteiger partial charge in [0.2, 0.25) is 5.91 Å². The number of nitrogens with one attached hydrogen (secondary N) is 1. The minimum Gasteiger partial charge on any atom is -0.366 e. The molecule has 1 aromatic rings. The van der Waals surface area contributed by atoms with Crippen LogP contribution >= 0.6 is 0 Å². The van der Waals surface area contributed by atoms with Crippen molar-refractivity contribution in [3.05, 3.63) is 46.9 Å². The van der Waals surface area contributed by atoms with E-state index in [0.717, 1.165) is 5.56 Å². The van der Waals surface area contributed by atoms with Gasteiger partial charge in [-0.15, -0.1) is 0 Å².